The monoisotopic (exact) mass is 752 g/mol. The van der Waals surface area contributed by atoms with E-state index in [1.807, 2.05) is 48.5 Å². The second-order valence-electron chi connectivity index (χ2n) is 8.88. The maximum Gasteiger partial charge on any atom is 0.129 e. The van der Waals surface area contributed by atoms with Crippen LogP contribution >= 0.6 is 63.7 Å². The summed E-state index contributed by atoms with van der Waals surface area (Å²) in [4.78, 5) is 0. The topological polar surface area (TPSA) is 80.9 Å². The van der Waals surface area contributed by atoms with Crippen LogP contribution in [0.25, 0.3) is 0 Å². The van der Waals surface area contributed by atoms with Crippen LogP contribution in [0.5, 0.6) is 23.0 Å². The van der Waals surface area contributed by atoms with Gasteiger partial charge in [-0.05, 0) is 147 Å². The summed E-state index contributed by atoms with van der Waals surface area (Å²) >= 11 is 13.8. The van der Waals surface area contributed by atoms with Crippen molar-refractivity contribution >= 4 is 63.7 Å². The quantitative estimate of drug-likeness (QED) is 0.144. The number of aromatic hydroxyl groups is 4. The predicted molar refractivity (Wildman–Crippen MR) is 161 cm³/mol. The van der Waals surface area contributed by atoms with Crippen LogP contribution in [0.2, 0.25) is 0 Å². The zero-order chi connectivity index (χ0) is 26.7. The largest absolute Gasteiger partial charge is 0.507 e. The van der Waals surface area contributed by atoms with E-state index in [2.05, 4.69) is 63.7 Å². The Balaban J connectivity index is 1.65. The summed E-state index contributed by atoms with van der Waals surface area (Å²) in [7, 11) is 0. The fourth-order valence-electron chi connectivity index (χ4n) is 4.54. The Bertz CT molecular complexity index is 1210. The van der Waals surface area contributed by atoms with Gasteiger partial charge in [-0.3, -0.25) is 0 Å². The van der Waals surface area contributed by atoms with Crippen LogP contribution in [0.3, 0.4) is 0 Å². The molecule has 0 aliphatic heterocycles. The fraction of sp³-hybridized carbons (Fsp3) is 0.172. The van der Waals surface area contributed by atoms with Crippen molar-refractivity contribution in [1.29, 1.82) is 0 Å². The molecule has 37 heavy (non-hydrogen) atoms. The van der Waals surface area contributed by atoms with Crippen molar-refractivity contribution < 1.29 is 20.4 Å². The third-order valence-corrected chi connectivity index (χ3v) is 9.02. The molecule has 4 aromatic rings. The smallest absolute Gasteiger partial charge is 0.129 e. The number of hydrogen-bond acceptors (Lipinski definition) is 4. The Kier molecular flexibility index (Phi) is 9.27. The summed E-state index contributed by atoms with van der Waals surface area (Å²) in [6.07, 6.45) is 2.51. The molecule has 0 heterocycles. The van der Waals surface area contributed by atoms with Gasteiger partial charge in [0.05, 0.1) is 17.9 Å². The molecule has 0 spiro atoms. The van der Waals surface area contributed by atoms with Gasteiger partial charge in [0, 0.05) is 11.8 Å². The van der Waals surface area contributed by atoms with E-state index >= 15 is 0 Å². The Morgan fingerprint density at radius 1 is 0.432 bits per heavy atom. The third-order valence-electron chi connectivity index (χ3n) is 6.48. The molecule has 4 rings (SSSR count). The minimum Gasteiger partial charge on any atom is -0.507 e. The minimum atomic E-state index is 0.0348. The van der Waals surface area contributed by atoms with Crippen molar-refractivity contribution in [2.75, 3.05) is 0 Å². The van der Waals surface area contributed by atoms with Crippen molar-refractivity contribution in [1.82, 2.24) is 0 Å². The average molecular weight is 756 g/mol. The highest BCUT2D eigenvalue weighted by Crippen LogP contribution is 2.40. The summed E-state index contributed by atoms with van der Waals surface area (Å²) < 4.78 is 2.53. The van der Waals surface area contributed by atoms with Gasteiger partial charge in [0.2, 0.25) is 0 Å². The predicted octanol–water partition coefficient (Wildman–Crippen LogP) is 9.69. The van der Waals surface area contributed by atoms with Gasteiger partial charge in [0.1, 0.15) is 23.0 Å². The molecule has 0 fully saturated rings. The lowest BCUT2D eigenvalue weighted by atomic mass is 9.82. The Morgan fingerprint density at radius 2 is 0.676 bits per heavy atom. The third kappa shape index (κ3) is 6.72. The minimum absolute atomic E-state index is 0.0348. The summed E-state index contributed by atoms with van der Waals surface area (Å²) in [5, 5.41) is 40.1. The fourth-order valence-corrected chi connectivity index (χ4v) is 6.12. The maximum atomic E-state index is 10.0. The first-order valence-corrected chi connectivity index (χ1v) is 14.7. The molecule has 0 aliphatic rings. The Labute approximate surface area is 249 Å². The SMILES string of the molecule is Oc1ccc(C(CCCC(c2ccc(O)c(Br)c2)c2ccc(O)c(Br)c2)c2ccc(O)c(Br)c2)cc1Br. The van der Waals surface area contributed by atoms with Gasteiger partial charge < -0.3 is 20.4 Å². The van der Waals surface area contributed by atoms with E-state index in [1.54, 1.807) is 24.3 Å². The van der Waals surface area contributed by atoms with Crippen LogP contribution in [0.4, 0.5) is 0 Å². The number of halogens is 4. The highest BCUT2D eigenvalue weighted by molar-refractivity contribution is 9.11. The van der Waals surface area contributed by atoms with Gasteiger partial charge in [0.25, 0.3) is 0 Å². The maximum absolute atomic E-state index is 10.0. The molecule has 0 saturated carbocycles. The van der Waals surface area contributed by atoms with Crippen molar-refractivity contribution in [2.45, 2.75) is 31.1 Å². The number of phenols is 4. The Hall–Kier alpha value is -2.00. The highest BCUT2D eigenvalue weighted by Gasteiger charge is 2.21. The number of hydrogen-bond donors (Lipinski definition) is 4. The molecule has 0 radical (unpaired) electrons. The van der Waals surface area contributed by atoms with Crippen LogP contribution in [0.15, 0.2) is 90.7 Å². The van der Waals surface area contributed by atoms with Gasteiger partial charge >= 0.3 is 0 Å². The van der Waals surface area contributed by atoms with Crippen molar-refractivity contribution in [3.63, 3.8) is 0 Å². The standard InChI is InChI=1S/C29H24Br4O4/c30-22-12-16(4-8-26(22)34)20(17-5-9-27(35)23(31)13-17)2-1-3-21(18-6-10-28(36)24(32)14-18)19-7-11-29(37)25(33)15-19/h4-15,20-21,34-37H,1-3H2. The molecular formula is C29H24Br4O4. The number of rotatable bonds is 8. The lowest BCUT2D eigenvalue weighted by Gasteiger charge is -2.23. The van der Waals surface area contributed by atoms with Crippen LogP contribution in [0, 0.1) is 0 Å². The molecule has 0 aromatic heterocycles. The lowest BCUT2D eigenvalue weighted by molar-refractivity contribution is 0.470. The molecule has 4 nitrogen and oxygen atoms in total. The molecule has 192 valence electrons. The van der Waals surface area contributed by atoms with Crippen LogP contribution in [-0.4, -0.2) is 20.4 Å². The molecule has 0 bridgehead atoms. The molecular weight excluding hydrogens is 732 g/mol. The average Bonchev–Trinajstić information content (AvgIpc) is 2.87. The van der Waals surface area contributed by atoms with Gasteiger partial charge in [-0.2, -0.15) is 0 Å². The van der Waals surface area contributed by atoms with Gasteiger partial charge in [-0.1, -0.05) is 30.7 Å². The van der Waals surface area contributed by atoms with E-state index < -0.39 is 0 Å². The van der Waals surface area contributed by atoms with Crippen molar-refractivity contribution in [3.05, 3.63) is 113 Å². The first-order valence-electron chi connectivity index (χ1n) is 11.6. The molecule has 0 unspecified atom stereocenters. The van der Waals surface area contributed by atoms with E-state index in [4.69, 9.17) is 0 Å². The molecule has 4 aromatic carbocycles. The lowest BCUT2D eigenvalue weighted by Crippen LogP contribution is -2.06. The van der Waals surface area contributed by atoms with E-state index in [9.17, 15) is 20.4 Å². The second-order valence-corrected chi connectivity index (χ2v) is 12.3. The zero-order valence-electron chi connectivity index (χ0n) is 19.5. The number of phenolic OH excluding ortho intramolecular Hbond substituents is 4. The van der Waals surface area contributed by atoms with E-state index in [-0.39, 0.29) is 34.8 Å². The van der Waals surface area contributed by atoms with E-state index in [0.717, 1.165) is 41.5 Å². The van der Waals surface area contributed by atoms with Crippen LogP contribution in [0.1, 0.15) is 53.4 Å². The molecule has 0 atom stereocenters. The first-order chi connectivity index (χ1) is 17.6. The zero-order valence-corrected chi connectivity index (χ0v) is 25.8. The van der Waals surface area contributed by atoms with E-state index in [1.165, 1.54) is 0 Å². The van der Waals surface area contributed by atoms with Crippen molar-refractivity contribution in [2.24, 2.45) is 0 Å². The molecule has 8 heteroatoms. The van der Waals surface area contributed by atoms with Gasteiger partial charge in [-0.15, -0.1) is 0 Å². The van der Waals surface area contributed by atoms with Gasteiger partial charge in [-0.25, -0.2) is 0 Å². The van der Waals surface area contributed by atoms with E-state index in [0.29, 0.717) is 17.9 Å². The molecule has 0 amide bonds. The molecule has 0 aliphatic carbocycles. The summed E-state index contributed by atoms with van der Waals surface area (Å²) in [6, 6.07) is 22.2. The summed E-state index contributed by atoms with van der Waals surface area (Å²) in [5.41, 5.74) is 4.22. The number of benzene rings is 4. The first kappa shape index (κ1) is 28.0. The van der Waals surface area contributed by atoms with Crippen LogP contribution < -0.4 is 0 Å². The van der Waals surface area contributed by atoms with Crippen LogP contribution in [-0.2, 0) is 0 Å². The Morgan fingerprint density at radius 3 is 0.892 bits per heavy atom. The highest BCUT2D eigenvalue weighted by atomic mass is 79.9. The molecule has 4 N–H and O–H groups in total. The normalized spacial score (nSPS) is 11.4. The summed E-state index contributed by atoms with van der Waals surface area (Å²) in [6.45, 7) is 0. The van der Waals surface area contributed by atoms with Crippen molar-refractivity contribution in [3.8, 4) is 23.0 Å². The van der Waals surface area contributed by atoms with Gasteiger partial charge in [0.15, 0.2) is 0 Å². The molecule has 0 saturated heterocycles. The summed E-state index contributed by atoms with van der Waals surface area (Å²) in [5.74, 6) is 0.811. The second kappa shape index (κ2) is 12.2.